The molecule has 0 spiro atoms. The molecule has 3 nitrogen and oxygen atoms in total. The Hall–Kier alpha value is -1.01. The van der Waals surface area contributed by atoms with Crippen LogP contribution in [0.15, 0.2) is 0 Å². The summed E-state index contributed by atoms with van der Waals surface area (Å²) in [5.41, 5.74) is 0. The van der Waals surface area contributed by atoms with E-state index in [9.17, 15) is 4.79 Å². The molecule has 0 aromatic rings. The Morgan fingerprint density at radius 3 is 2.65 bits per heavy atom. The number of nitrogens with zero attached hydrogens (tertiary/aromatic N) is 1. The summed E-state index contributed by atoms with van der Waals surface area (Å²) in [6.45, 7) is 7.21. The van der Waals surface area contributed by atoms with Crippen LogP contribution in [-0.2, 0) is 4.79 Å². The summed E-state index contributed by atoms with van der Waals surface area (Å²) >= 11 is 0. The molecular weight excluding hydrogens is 212 g/mol. The van der Waals surface area contributed by atoms with Crippen LogP contribution in [0.1, 0.15) is 39.5 Å². The summed E-state index contributed by atoms with van der Waals surface area (Å²) in [5, 5.41) is 3.35. The van der Waals surface area contributed by atoms with Gasteiger partial charge in [0, 0.05) is 25.4 Å². The Labute approximate surface area is 105 Å². The van der Waals surface area contributed by atoms with Crippen LogP contribution in [-0.4, -0.2) is 36.5 Å². The molecule has 3 heteroatoms. The highest BCUT2D eigenvalue weighted by molar-refractivity contribution is 5.76. The van der Waals surface area contributed by atoms with Crippen LogP contribution in [0.5, 0.6) is 0 Å². The lowest BCUT2D eigenvalue weighted by atomic mass is 9.97. The number of amides is 1. The molecule has 1 heterocycles. The molecule has 1 amide bonds. The third-order valence-corrected chi connectivity index (χ3v) is 3.34. The SMILES string of the molecule is C#CCCC(=O)N(CC1CCNCC1)C(C)C. The summed E-state index contributed by atoms with van der Waals surface area (Å²) < 4.78 is 0. The molecule has 0 bridgehead atoms. The van der Waals surface area contributed by atoms with Gasteiger partial charge in [-0.1, -0.05) is 0 Å². The summed E-state index contributed by atoms with van der Waals surface area (Å²) in [5.74, 6) is 3.39. The monoisotopic (exact) mass is 236 g/mol. The number of carbonyl (C=O) groups excluding carboxylic acids is 1. The van der Waals surface area contributed by atoms with Crippen molar-refractivity contribution in [2.75, 3.05) is 19.6 Å². The molecule has 1 fully saturated rings. The zero-order chi connectivity index (χ0) is 12.7. The largest absolute Gasteiger partial charge is 0.340 e. The Balaban J connectivity index is 2.47. The van der Waals surface area contributed by atoms with E-state index in [2.05, 4.69) is 25.1 Å². The Morgan fingerprint density at radius 2 is 2.12 bits per heavy atom. The smallest absolute Gasteiger partial charge is 0.223 e. The lowest BCUT2D eigenvalue weighted by molar-refractivity contribution is -0.133. The Morgan fingerprint density at radius 1 is 1.47 bits per heavy atom. The van der Waals surface area contributed by atoms with E-state index < -0.39 is 0 Å². The van der Waals surface area contributed by atoms with E-state index >= 15 is 0 Å². The fourth-order valence-electron chi connectivity index (χ4n) is 2.27. The molecular formula is C14H24N2O. The normalized spacial score (nSPS) is 16.8. The quantitative estimate of drug-likeness (QED) is 0.736. The van der Waals surface area contributed by atoms with Crippen molar-refractivity contribution in [2.24, 2.45) is 5.92 Å². The first-order valence-corrected chi connectivity index (χ1v) is 6.58. The van der Waals surface area contributed by atoms with Gasteiger partial charge in [0.2, 0.25) is 5.91 Å². The van der Waals surface area contributed by atoms with Gasteiger partial charge in [-0.2, -0.15) is 0 Å². The van der Waals surface area contributed by atoms with E-state index in [0.29, 0.717) is 18.8 Å². The molecule has 0 atom stereocenters. The summed E-state index contributed by atoms with van der Waals surface area (Å²) in [6, 6.07) is 0.273. The number of hydrogen-bond acceptors (Lipinski definition) is 2. The second-order valence-corrected chi connectivity index (χ2v) is 5.04. The van der Waals surface area contributed by atoms with Gasteiger partial charge in [-0.05, 0) is 45.7 Å². The van der Waals surface area contributed by atoms with Crippen LogP contribution in [0.2, 0.25) is 0 Å². The van der Waals surface area contributed by atoms with E-state index in [1.165, 1.54) is 12.8 Å². The molecule has 0 aromatic heterocycles. The zero-order valence-electron chi connectivity index (χ0n) is 11.0. The fourth-order valence-corrected chi connectivity index (χ4v) is 2.27. The minimum atomic E-state index is 0.205. The van der Waals surface area contributed by atoms with Crippen molar-refractivity contribution < 1.29 is 4.79 Å². The predicted molar refractivity (Wildman–Crippen MR) is 70.5 cm³/mol. The second kappa shape index (κ2) is 7.34. The van der Waals surface area contributed by atoms with Gasteiger partial charge in [0.05, 0.1) is 0 Å². The lowest BCUT2D eigenvalue weighted by Crippen LogP contribution is -2.42. The van der Waals surface area contributed by atoms with Crippen molar-refractivity contribution in [3.05, 3.63) is 0 Å². The number of piperidine rings is 1. The van der Waals surface area contributed by atoms with Crippen LogP contribution in [0, 0.1) is 18.3 Å². The average Bonchev–Trinajstić information content (AvgIpc) is 2.34. The van der Waals surface area contributed by atoms with Gasteiger partial charge in [-0.25, -0.2) is 0 Å². The number of hydrogen-bond donors (Lipinski definition) is 1. The van der Waals surface area contributed by atoms with E-state index in [1.54, 1.807) is 0 Å². The highest BCUT2D eigenvalue weighted by atomic mass is 16.2. The molecule has 1 aliphatic rings. The maximum Gasteiger partial charge on any atom is 0.223 e. The zero-order valence-corrected chi connectivity index (χ0v) is 11.0. The lowest BCUT2D eigenvalue weighted by Gasteiger charge is -2.32. The molecule has 1 N–H and O–H groups in total. The minimum Gasteiger partial charge on any atom is -0.340 e. The third kappa shape index (κ3) is 4.79. The van der Waals surface area contributed by atoms with Gasteiger partial charge in [-0.3, -0.25) is 4.79 Å². The first kappa shape index (κ1) is 14.1. The molecule has 1 aliphatic heterocycles. The van der Waals surface area contributed by atoms with Gasteiger partial charge in [-0.15, -0.1) is 12.3 Å². The molecule has 0 saturated carbocycles. The summed E-state index contributed by atoms with van der Waals surface area (Å²) in [7, 11) is 0. The predicted octanol–water partition coefficient (Wildman–Crippen LogP) is 1.64. The average molecular weight is 236 g/mol. The standard InChI is InChI=1S/C14H24N2O/c1-4-5-6-14(17)16(12(2)3)11-13-7-9-15-10-8-13/h1,12-13,15H,5-11H2,2-3H3. The minimum absolute atomic E-state index is 0.205. The molecule has 0 radical (unpaired) electrons. The van der Waals surface area contributed by atoms with Crippen molar-refractivity contribution in [2.45, 2.75) is 45.6 Å². The molecule has 1 rings (SSSR count). The number of rotatable bonds is 5. The first-order chi connectivity index (χ1) is 8.15. The van der Waals surface area contributed by atoms with Gasteiger partial charge in [0.15, 0.2) is 0 Å². The van der Waals surface area contributed by atoms with E-state index in [1.807, 2.05) is 4.90 Å². The van der Waals surface area contributed by atoms with Gasteiger partial charge >= 0.3 is 0 Å². The molecule has 17 heavy (non-hydrogen) atoms. The highest BCUT2D eigenvalue weighted by Crippen LogP contribution is 2.16. The van der Waals surface area contributed by atoms with Gasteiger partial charge in [0.1, 0.15) is 0 Å². The second-order valence-electron chi connectivity index (χ2n) is 5.04. The van der Waals surface area contributed by atoms with Crippen molar-refractivity contribution in [1.29, 1.82) is 0 Å². The van der Waals surface area contributed by atoms with E-state index in [0.717, 1.165) is 19.6 Å². The molecule has 1 saturated heterocycles. The topological polar surface area (TPSA) is 32.3 Å². The highest BCUT2D eigenvalue weighted by Gasteiger charge is 2.22. The molecule has 0 aromatic carbocycles. The molecule has 96 valence electrons. The van der Waals surface area contributed by atoms with Gasteiger partial charge < -0.3 is 10.2 Å². The number of nitrogens with one attached hydrogen (secondary N) is 1. The number of terminal acetylenes is 1. The van der Waals surface area contributed by atoms with Crippen molar-refractivity contribution in [3.63, 3.8) is 0 Å². The summed E-state index contributed by atoms with van der Waals surface area (Å²) in [6.07, 6.45) is 8.59. The molecule has 0 unspecified atom stereocenters. The summed E-state index contributed by atoms with van der Waals surface area (Å²) in [4.78, 5) is 14.0. The van der Waals surface area contributed by atoms with Crippen LogP contribution in [0.3, 0.4) is 0 Å². The van der Waals surface area contributed by atoms with E-state index in [-0.39, 0.29) is 11.9 Å². The van der Waals surface area contributed by atoms with Crippen molar-refractivity contribution in [3.8, 4) is 12.3 Å². The maximum absolute atomic E-state index is 12.0. The van der Waals surface area contributed by atoms with Crippen LogP contribution in [0.4, 0.5) is 0 Å². The van der Waals surface area contributed by atoms with Gasteiger partial charge in [0.25, 0.3) is 0 Å². The van der Waals surface area contributed by atoms with Crippen LogP contribution >= 0.6 is 0 Å². The third-order valence-electron chi connectivity index (χ3n) is 3.34. The Kier molecular flexibility index (Phi) is 6.07. The molecule has 0 aliphatic carbocycles. The van der Waals surface area contributed by atoms with Crippen molar-refractivity contribution >= 4 is 5.91 Å². The van der Waals surface area contributed by atoms with Crippen LogP contribution in [0.25, 0.3) is 0 Å². The Bertz CT molecular complexity index is 274. The maximum atomic E-state index is 12.0. The first-order valence-electron chi connectivity index (χ1n) is 6.58. The van der Waals surface area contributed by atoms with Crippen molar-refractivity contribution in [1.82, 2.24) is 10.2 Å². The fraction of sp³-hybridized carbons (Fsp3) is 0.786. The van der Waals surface area contributed by atoms with Crippen LogP contribution < -0.4 is 5.32 Å². The number of carbonyl (C=O) groups is 1. The van der Waals surface area contributed by atoms with E-state index in [4.69, 9.17) is 6.42 Å².